The van der Waals surface area contributed by atoms with E-state index in [1.54, 1.807) is 18.2 Å². The highest BCUT2D eigenvalue weighted by atomic mass is 35.5. The number of carbonyl (C=O) groups excluding carboxylic acids is 2. The van der Waals surface area contributed by atoms with Gasteiger partial charge in [-0.15, -0.1) is 0 Å². The number of carboxylic acid groups (broad SMARTS) is 1. The van der Waals surface area contributed by atoms with Gasteiger partial charge >= 0.3 is 5.97 Å². The second kappa shape index (κ2) is 11.1. The van der Waals surface area contributed by atoms with E-state index in [-0.39, 0.29) is 24.9 Å². The van der Waals surface area contributed by atoms with Crippen LogP contribution in [0.4, 0.5) is 5.95 Å². The first kappa shape index (κ1) is 27.2. The fraction of sp³-hybridized carbons (Fsp3) is 0.367. The van der Waals surface area contributed by atoms with Crippen molar-refractivity contribution in [2.24, 2.45) is 0 Å². The summed E-state index contributed by atoms with van der Waals surface area (Å²) in [4.78, 5) is 48.9. The molecule has 212 valence electrons. The fourth-order valence-corrected chi connectivity index (χ4v) is 5.90. The minimum Gasteiger partial charge on any atom is -0.481 e. The van der Waals surface area contributed by atoms with E-state index < -0.39 is 23.5 Å². The maximum absolute atomic E-state index is 13.6. The van der Waals surface area contributed by atoms with Crippen LogP contribution >= 0.6 is 11.6 Å². The quantitative estimate of drug-likeness (QED) is 0.346. The summed E-state index contributed by atoms with van der Waals surface area (Å²) in [6.45, 7) is 1.09. The van der Waals surface area contributed by atoms with Crippen molar-refractivity contribution in [1.29, 1.82) is 0 Å². The number of nitrogens with one attached hydrogen (secondary N) is 2. The van der Waals surface area contributed by atoms with Gasteiger partial charge in [-0.1, -0.05) is 54.1 Å². The number of carbonyl (C=O) groups is 3. The van der Waals surface area contributed by atoms with E-state index in [0.717, 1.165) is 31.2 Å². The van der Waals surface area contributed by atoms with Gasteiger partial charge in [0.1, 0.15) is 6.54 Å². The zero-order chi connectivity index (χ0) is 28.6. The Labute approximate surface area is 242 Å². The highest BCUT2D eigenvalue weighted by Gasteiger charge is 2.46. The SMILES string of the molecule is O=C(O)CC1c2ccc(-c3nc(NC4CCOCC4)ncc3Cl)cc2C(=O)N1CC(=O)NC1(c2ccccc2)CC1. The Morgan fingerprint density at radius 3 is 2.59 bits per heavy atom. The van der Waals surface area contributed by atoms with Crippen molar-refractivity contribution in [3.05, 3.63) is 76.4 Å². The molecule has 3 N–H and O–H groups in total. The third kappa shape index (κ3) is 5.62. The van der Waals surface area contributed by atoms with E-state index in [0.29, 0.717) is 46.6 Å². The highest BCUT2D eigenvalue weighted by molar-refractivity contribution is 6.33. The van der Waals surface area contributed by atoms with Gasteiger partial charge in [-0.05, 0) is 42.9 Å². The van der Waals surface area contributed by atoms with Gasteiger partial charge in [0.05, 0.1) is 34.9 Å². The lowest BCUT2D eigenvalue weighted by atomic mass is 9.98. The molecule has 2 aromatic carbocycles. The van der Waals surface area contributed by atoms with Crippen LogP contribution in [-0.4, -0.2) is 63.6 Å². The van der Waals surface area contributed by atoms with Gasteiger partial charge in [-0.2, -0.15) is 0 Å². The van der Waals surface area contributed by atoms with Crippen LogP contribution in [0.25, 0.3) is 11.3 Å². The number of amides is 2. The molecule has 2 amide bonds. The molecule has 0 spiro atoms. The summed E-state index contributed by atoms with van der Waals surface area (Å²) in [5.41, 5.74) is 2.52. The molecule has 3 heterocycles. The third-order valence-corrected chi connectivity index (χ3v) is 8.27. The zero-order valence-corrected chi connectivity index (χ0v) is 23.1. The number of halogens is 1. The standard InChI is InChI=1S/C30H30ClN5O5/c31-23-16-32-29(33-20-8-12-41-13-9-20)34-27(23)18-6-7-21-22(14-18)28(40)36(24(21)15-26(38)39)17-25(37)35-30(10-11-30)19-4-2-1-3-5-19/h1-7,14,16,20,24H,8-13,15,17H2,(H,35,37)(H,38,39)(H,32,33,34). The lowest BCUT2D eigenvalue weighted by molar-refractivity contribution is -0.138. The van der Waals surface area contributed by atoms with E-state index in [1.165, 1.54) is 11.1 Å². The first-order valence-corrected chi connectivity index (χ1v) is 14.1. The number of rotatable bonds is 9. The maximum Gasteiger partial charge on any atom is 0.305 e. The van der Waals surface area contributed by atoms with E-state index in [9.17, 15) is 19.5 Å². The van der Waals surface area contributed by atoms with Crippen molar-refractivity contribution in [1.82, 2.24) is 20.2 Å². The van der Waals surface area contributed by atoms with Crippen LogP contribution in [0, 0.1) is 0 Å². The van der Waals surface area contributed by atoms with Crippen molar-refractivity contribution < 1.29 is 24.2 Å². The normalized spacial score (nSPS) is 19.5. The van der Waals surface area contributed by atoms with Gasteiger partial charge in [0.25, 0.3) is 5.91 Å². The van der Waals surface area contributed by atoms with Crippen molar-refractivity contribution in [3.63, 3.8) is 0 Å². The summed E-state index contributed by atoms with van der Waals surface area (Å²) < 4.78 is 5.41. The molecule has 6 rings (SSSR count). The van der Waals surface area contributed by atoms with Crippen LogP contribution in [0.15, 0.2) is 54.7 Å². The molecule has 1 aliphatic carbocycles. The van der Waals surface area contributed by atoms with E-state index in [2.05, 4.69) is 20.6 Å². The van der Waals surface area contributed by atoms with E-state index >= 15 is 0 Å². The molecule has 2 aliphatic heterocycles. The number of nitrogens with zero attached hydrogens (tertiary/aromatic N) is 3. The average molecular weight is 576 g/mol. The third-order valence-electron chi connectivity index (χ3n) is 7.99. The van der Waals surface area contributed by atoms with Crippen LogP contribution in [-0.2, 0) is 19.9 Å². The van der Waals surface area contributed by atoms with Gasteiger partial charge in [0, 0.05) is 30.4 Å². The molecule has 0 bridgehead atoms. The molecule has 1 aromatic heterocycles. The predicted molar refractivity (Wildman–Crippen MR) is 151 cm³/mol. The van der Waals surface area contributed by atoms with Crippen molar-refractivity contribution in [2.45, 2.75) is 49.7 Å². The van der Waals surface area contributed by atoms with Gasteiger partial charge in [-0.3, -0.25) is 14.4 Å². The Balaban J connectivity index is 1.24. The average Bonchev–Trinajstić information content (AvgIpc) is 3.72. The molecule has 1 atom stereocenters. The predicted octanol–water partition coefficient (Wildman–Crippen LogP) is 4.17. The van der Waals surface area contributed by atoms with Gasteiger partial charge < -0.3 is 25.4 Å². The number of aromatic nitrogens is 2. The number of benzene rings is 2. The topological polar surface area (TPSA) is 134 Å². The molecule has 3 aliphatic rings. The molecule has 10 nitrogen and oxygen atoms in total. The number of hydrogen-bond acceptors (Lipinski definition) is 7. The lowest BCUT2D eigenvalue weighted by Gasteiger charge is -2.25. The second-order valence-corrected chi connectivity index (χ2v) is 11.2. The molecule has 1 saturated heterocycles. The molecule has 1 unspecified atom stereocenters. The fourth-order valence-electron chi connectivity index (χ4n) is 5.70. The Hall–Kier alpha value is -4.02. The molecular formula is C30H30ClN5O5. The Morgan fingerprint density at radius 2 is 1.88 bits per heavy atom. The number of anilines is 1. The number of ether oxygens (including phenoxy) is 1. The Kier molecular flexibility index (Phi) is 7.35. The smallest absolute Gasteiger partial charge is 0.305 e. The van der Waals surface area contributed by atoms with Crippen LogP contribution in [0.5, 0.6) is 0 Å². The number of hydrogen-bond donors (Lipinski definition) is 3. The van der Waals surface area contributed by atoms with Crippen LogP contribution in [0.3, 0.4) is 0 Å². The summed E-state index contributed by atoms with van der Waals surface area (Å²) in [5.74, 6) is -1.36. The Bertz CT molecular complexity index is 1490. The van der Waals surface area contributed by atoms with Gasteiger partial charge in [0.15, 0.2) is 0 Å². The summed E-state index contributed by atoms with van der Waals surface area (Å²) >= 11 is 6.48. The minimum atomic E-state index is -1.06. The summed E-state index contributed by atoms with van der Waals surface area (Å²) in [7, 11) is 0. The molecule has 2 fully saturated rings. The van der Waals surface area contributed by atoms with Crippen molar-refractivity contribution in [3.8, 4) is 11.3 Å². The van der Waals surface area contributed by atoms with Gasteiger partial charge in [-0.25, -0.2) is 9.97 Å². The number of carboxylic acids is 1. The largest absolute Gasteiger partial charge is 0.481 e. The molecule has 11 heteroatoms. The van der Waals surface area contributed by atoms with Crippen molar-refractivity contribution in [2.75, 3.05) is 25.1 Å². The van der Waals surface area contributed by atoms with E-state index in [4.69, 9.17) is 16.3 Å². The molecule has 0 radical (unpaired) electrons. The zero-order valence-electron chi connectivity index (χ0n) is 22.3. The number of aliphatic carboxylic acids is 1. The summed E-state index contributed by atoms with van der Waals surface area (Å²) in [6.07, 6.45) is 4.51. The first-order chi connectivity index (χ1) is 19.8. The van der Waals surface area contributed by atoms with Gasteiger partial charge in [0.2, 0.25) is 11.9 Å². The van der Waals surface area contributed by atoms with Crippen LogP contribution < -0.4 is 10.6 Å². The lowest BCUT2D eigenvalue weighted by Crippen LogP contribution is -2.43. The van der Waals surface area contributed by atoms with Crippen LogP contribution in [0.1, 0.15) is 59.6 Å². The summed E-state index contributed by atoms with van der Waals surface area (Å²) in [5, 5.41) is 16.4. The first-order valence-electron chi connectivity index (χ1n) is 13.7. The molecule has 3 aromatic rings. The van der Waals surface area contributed by atoms with Crippen molar-refractivity contribution >= 4 is 35.3 Å². The minimum absolute atomic E-state index is 0.188. The van der Waals surface area contributed by atoms with Crippen LogP contribution in [0.2, 0.25) is 5.02 Å². The molecular weight excluding hydrogens is 546 g/mol. The second-order valence-electron chi connectivity index (χ2n) is 10.8. The molecule has 41 heavy (non-hydrogen) atoms. The molecule has 1 saturated carbocycles. The summed E-state index contributed by atoms with van der Waals surface area (Å²) in [6, 6.07) is 14.3. The van der Waals surface area contributed by atoms with E-state index in [1.807, 2.05) is 30.3 Å². The highest BCUT2D eigenvalue weighted by Crippen LogP contribution is 2.45. The monoisotopic (exact) mass is 575 g/mol. The maximum atomic E-state index is 13.6. The Morgan fingerprint density at radius 1 is 1.12 bits per heavy atom. The number of fused-ring (bicyclic) bond motifs is 1.